The van der Waals surface area contributed by atoms with Crippen molar-refractivity contribution < 1.29 is 9.59 Å². The Morgan fingerprint density at radius 3 is 2.71 bits per heavy atom. The number of hydrazone groups is 1. The highest BCUT2D eigenvalue weighted by Crippen LogP contribution is 2.27. The van der Waals surface area contributed by atoms with Crippen LogP contribution in [0.25, 0.3) is 0 Å². The highest BCUT2D eigenvalue weighted by atomic mass is 35.5. The monoisotopic (exact) mass is 455 g/mol. The molecule has 2 aliphatic heterocycles. The van der Waals surface area contributed by atoms with Crippen LogP contribution in [0.3, 0.4) is 0 Å². The van der Waals surface area contributed by atoms with E-state index < -0.39 is 6.17 Å². The summed E-state index contributed by atoms with van der Waals surface area (Å²) < 4.78 is 0. The Kier molecular flexibility index (Phi) is 5.93. The lowest BCUT2D eigenvalue weighted by Crippen LogP contribution is -2.52. The van der Waals surface area contributed by atoms with Gasteiger partial charge in [0.1, 0.15) is 0 Å². The number of fused-ring (bicyclic) bond motifs is 1. The van der Waals surface area contributed by atoms with Crippen LogP contribution in [0, 0.1) is 20.8 Å². The number of hydrogen-bond donors (Lipinski definition) is 2. The number of thioether (sulfide) groups is 1. The molecule has 0 aromatic heterocycles. The highest BCUT2D eigenvalue weighted by Gasteiger charge is 2.38. The molecule has 9 heteroatoms. The van der Waals surface area contributed by atoms with E-state index >= 15 is 0 Å². The maximum Gasteiger partial charge on any atom is 0.276 e. The third-order valence-corrected chi connectivity index (χ3v) is 6.41. The van der Waals surface area contributed by atoms with Crippen molar-refractivity contribution in [2.75, 3.05) is 16.0 Å². The van der Waals surface area contributed by atoms with Gasteiger partial charge in [-0.15, -0.1) is 0 Å². The van der Waals surface area contributed by atoms with Gasteiger partial charge in [-0.2, -0.15) is 5.10 Å². The molecule has 0 spiro atoms. The second-order valence-corrected chi connectivity index (χ2v) is 8.78. The predicted octanol–water partition coefficient (Wildman–Crippen LogP) is 3.96. The zero-order valence-electron chi connectivity index (χ0n) is 17.3. The van der Waals surface area contributed by atoms with E-state index in [-0.39, 0.29) is 17.6 Å². The van der Waals surface area contributed by atoms with Crippen molar-refractivity contribution >= 4 is 51.7 Å². The van der Waals surface area contributed by atoms with Gasteiger partial charge in [0.15, 0.2) is 5.17 Å². The van der Waals surface area contributed by atoms with Gasteiger partial charge < -0.3 is 5.32 Å². The summed E-state index contributed by atoms with van der Waals surface area (Å²) in [5.74, 6) is -0.205. The molecular weight excluding hydrogens is 434 g/mol. The number of amidine groups is 1. The van der Waals surface area contributed by atoms with Gasteiger partial charge >= 0.3 is 0 Å². The second kappa shape index (κ2) is 8.64. The lowest BCUT2D eigenvalue weighted by molar-refractivity contribution is -0.122. The molecule has 31 heavy (non-hydrogen) atoms. The number of rotatable bonds is 4. The first-order valence-electron chi connectivity index (χ1n) is 9.72. The average Bonchev–Trinajstić information content (AvgIpc) is 3.15. The Balaban J connectivity index is 1.39. The van der Waals surface area contributed by atoms with Gasteiger partial charge in [-0.25, -0.2) is 0 Å². The molecule has 2 N–H and O–H groups in total. The summed E-state index contributed by atoms with van der Waals surface area (Å²) in [6.07, 6.45) is 2.88. The van der Waals surface area contributed by atoms with Crippen LogP contribution < -0.4 is 15.6 Å². The molecule has 2 heterocycles. The van der Waals surface area contributed by atoms with Crippen molar-refractivity contribution in [3.8, 4) is 0 Å². The number of halogens is 1. The van der Waals surface area contributed by atoms with Crippen LogP contribution in [0.1, 0.15) is 16.7 Å². The topological polar surface area (TPSA) is 77.0 Å². The number of nitrogens with one attached hydrogen (secondary N) is 2. The molecule has 2 aromatic rings. The number of benzene rings is 2. The van der Waals surface area contributed by atoms with Gasteiger partial charge in [0, 0.05) is 18.1 Å². The second-order valence-electron chi connectivity index (χ2n) is 7.43. The summed E-state index contributed by atoms with van der Waals surface area (Å²) >= 11 is 7.42. The first-order valence-corrected chi connectivity index (χ1v) is 11.1. The van der Waals surface area contributed by atoms with Crippen LogP contribution in [-0.4, -0.2) is 33.8 Å². The molecule has 160 valence electrons. The van der Waals surface area contributed by atoms with E-state index in [1.54, 1.807) is 34.3 Å². The first kappa shape index (κ1) is 21.3. The number of aryl methyl sites for hydroxylation is 3. The van der Waals surface area contributed by atoms with Crippen LogP contribution >= 0.6 is 23.4 Å². The predicted molar refractivity (Wildman–Crippen MR) is 126 cm³/mol. The number of hydrogen-bond acceptors (Lipinski definition) is 6. The molecule has 1 unspecified atom stereocenters. The van der Waals surface area contributed by atoms with Gasteiger partial charge in [0.2, 0.25) is 12.1 Å². The van der Waals surface area contributed by atoms with E-state index in [4.69, 9.17) is 11.6 Å². The van der Waals surface area contributed by atoms with Crippen molar-refractivity contribution in [3.05, 3.63) is 70.5 Å². The minimum absolute atomic E-state index is 0.136. The first-order chi connectivity index (χ1) is 14.8. The van der Waals surface area contributed by atoms with E-state index in [1.807, 2.05) is 45.0 Å². The van der Waals surface area contributed by atoms with E-state index in [0.717, 1.165) is 16.8 Å². The van der Waals surface area contributed by atoms with Crippen molar-refractivity contribution in [3.63, 3.8) is 0 Å². The van der Waals surface area contributed by atoms with E-state index in [9.17, 15) is 9.59 Å². The fourth-order valence-electron chi connectivity index (χ4n) is 3.25. The number of nitrogens with zero attached hydrogens (tertiary/aromatic N) is 3. The molecule has 4 rings (SSSR count). The summed E-state index contributed by atoms with van der Waals surface area (Å²) in [7, 11) is 0. The fraction of sp³-hybridized carbons (Fsp3) is 0.227. The zero-order chi connectivity index (χ0) is 22.1. The lowest BCUT2D eigenvalue weighted by atomic mass is 10.1. The van der Waals surface area contributed by atoms with E-state index in [2.05, 4.69) is 15.8 Å². The lowest BCUT2D eigenvalue weighted by Gasteiger charge is -2.32. The molecule has 2 aromatic carbocycles. The highest BCUT2D eigenvalue weighted by molar-refractivity contribution is 8.14. The third kappa shape index (κ3) is 4.40. The molecule has 2 aliphatic rings. The fourth-order valence-corrected chi connectivity index (χ4v) is 4.30. The van der Waals surface area contributed by atoms with Gasteiger partial charge in [-0.3, -0.25) is 24.8 Å². The summed E-state index contributed by atoms with van der Waals surface area (Å²) in [6.45, 7) is 5.99. The third-order valence-electron chi connectivity index (χ3n) is 5.13. The van der Waals surface area contributed by atoms with Gasteiger partial charge in [-0.05, 0) is 61.7 Å². The maximum absolute atomic E-state index is 13.0. The molecule has 7 nitrogen and oxygen atoms in total. The molecule has 0 bridgehead atoms. The summed E-state index contributed by atoms with van der Waals surface area (Å²) in [4.78, 5) is 28.7. The van der Waals surface area contributed by atoms with Crippen LogP contribution in [0.15, 0.2) is 53.9 Å². The number of carbonyl (C=O) groups excluding carboxylic acids is 2. The van der Waals surface area contributed by atoms with Crippen LogP contribution in [0.2, 0.25) is 5.02 Å². The smallest absolute Gasteiger partial charge is 0.276 e. The minimum Gasteiger partial charge on any atom is -0.324 e. The minimum atomic E-state index is -0.635. The average molecular weight is 456 g/mol. The summed E-state index contributed by atoms with van der Waals surface area (Å²) in [6, 6.07) is 11.4. The number of amides is 2. The van der Waals surface area contributed by atoms with Crippen molar-refractivity contribution in [1.82, 2.24) is 10.3 Å². The van der Waals surface area contributed by atoms with Crippen molar-refractivity contribution in [2.45, 2.75) is 26.9 Å². The molecule has 0 aliphatic carbocycles. The van der Waals surface area contributed by atoms with E-state index in [1.165, 1.54) is 17.3 Å². The normalized spacial score (nSPS) is 17.4. The molecule has 0 saturated carbocycles. The number of carbonyl (C=O) groups is 2. The summed E-state index contributed by atoms with van der Waals surface area (Å²) in [5.41, 5.74) is 7.56. The standard InChI is InChI=1S/C22H22ClN5O2S/c1-13-4-7-18(17(23)10-13)24-19(29)12-31-22-26-25-20-21(30)27(8-9-28(20)22)16-6-5-14(2)15(3)11-16/h4-11,20,25H,12H2,1-3H3,(H,24,29). The molecule has 0 fully saturated rings. The molecule has 1 atom stereocenters. The Morgan fingerprint density at radius 1 is 1.16 bits per heavy atom. The Labute approximate surface area is 190 Å². The molecular formula is C22H22ClN5O2S. The van der Waals surface area contributed by atoms with Crippen molar-refractivity contribution in [2.24, 2.45) is 5.10 Å². The van der Waals surface area contributed by atoms with Crippen LogP contribution in [0.4, 0.5) is 11.4 Å². The quantitative estimate of drug-likeness (QED) is 0.729. The van der Waals surface area contributed by atoms with Gasteiger partial charge in [0.25, 0.3) is 5.91 Å². The largest absolute Gasteiger partial charge is 0.324 e. The summed E-state index contributed by atoms with van der Waals surface area (Å²) in [5, 5.41) is 8.10. The van der Waals surface area contributed by atoms with E-state index in [0.29, 0.717) is 15.9 Å². The van der Waals surface area contributed by atoms with Crippen LogP contribution in [-0.2, 0) is 9.59 Å². The Bertz CT molecular complexity index is 1120. The maximum atomic E-state index is 13.0. The molecule has 2 amide bonds. The van der Waals surface area contributed by atoms with Crippen molar-refractivity contribution in [1.29, 1.82) is 0 Å². The van der Waals surface area contributed by atoms with Gasteiger partial charge in [0.05, 0.1) is 16.5 Å². The SMILES string of the molecule is Cc1ccc(NC(=O)CSC2=NNC3C(=O)N(c4ccc(C)c(C)c4)C=CN23)c(Cl)c1. The van der Waals surface area contributed by atoms with Gasteiger partial charge in [-0.1, -0.05) is 35.5 Å². The Morgan fingerprint density at radius 2 is 1.97 bits per heavy atom. The molecule has 0 saturated heterocycles. The Hall–Kier alpha value is -2.97. The van der Waals surface area contributed by atoms with Crippen LogP contribution in [0.5, 0.6) is 0 Å². The molecule has 0 radical (unpaired) electrons. The zero-order valence-corrected chi connectivity index (χ0v) is 18.9. The number of anilines is 2.